The molecule has 2 aromatic carbocycles. The summed E-state index contributed by atoms with van der Waals surface area (Å²) < 4.78 is 18.9. The van der Waals surface area contributed by atoms with Crippen molar-refractivity contribution in [2.24, 2.45) is 0 Å². The first-order valence-corrected chi connectivity index (χ1v) is 11.5. The van der Waals surface area contributed by atoms with Crippen LogP contribution in [0.5, 0.6) is 17.2 Å². The highest BCUT2D eigenvalue weighted by atomic mass is 32.1. The smallest absolute Gasteiger partial charge is 0.255 e. The summed E-state index contributed by atoms with van der Waals surface area (Å²) >= 11 is 1.40. The Hall–Kier alpha value is -3.66. The maximum absolute atomic E-state index is 13.2. The number of aryl methyl sites for hydroxylation is 1. The molecule has 0 aliphatic heterocycles. The first kappa shape index (κ1) is 22.5. The zero-order chi connectivity index (χ0) is 23.4. The van der Waals surface area contributed by atoms with Crippen LogP contribution in [0.1, 0.15) is 37.0 Å². The standard InChI is InChI=1S/C23H25N5O4S/c1-5-30-18-12-15(13-19(31-6-2)20(18)32-7-3)21(29)24-17-11-9-8-10-16(17)22-27-28-14(4)25-26-23(28)33-22/h8-13H,5-7H2,1-4H3,(H,24,29). The number of carbonyl (C=O) groups excluding carboxylic acids is 1. The molecule has 0 atom stereocenters. The average Bonchev–Trinajstić information content (AvgIpc) is 3.38. The molecule has 2 heterocycles. The zero-order valence-electron chi connectivity index (χ0n) is 18.9. The Balaban J connectivity index is 1.68. The lowest BCUT2D eigenvalue weighted by molar-refractivity contribution is 0.102. The SMILES string of the molecule is CCOc1cc(C(=O)Nc2ccccc2-c2nn3c(C)nnc3s2)cc(OCC)c1OCC. The third kappa shape index (κ3) is 4.61. The Labute approximate surface area is 195 Å². The molecule has 0 aliphatic rings. The Morgan fingerprint density at radius 1 is 1.00 bits per heavy atom. The molecule has 1 amide bonds. The van der Waals surface area contributed by atoms with Crippen LogP contribution in [0.15, 0.2) is 36.4 Å². The van der Waals surface area contributed by atoms with Crippen molar-refractivity contribution in [1.29, 1.82) is 0 Å². The van der Waals surface area contributed by atoms with Crippen molar-refractivity contribution in [2.75, 3.05) is 25.1 Å². The number of nitrogens with zero attached hydrogens (tertiary/aromatic N) is 4. The predicted molar refractivity (Wildman–Crippen MR) is 127 cm³/mol. The van der Waals surface area contributed by atoms with Gasteiger partial charge in [0.2, 0.25) is 10.7 Å². The van der Waals surface area contributed by atoms with Crippen LogP contribution in [0.4, 0.5) is 5.69 Å². The van der Waals surface area contributed by atoms with Crippen molar-refractivity contribution in [2.45, 2.75) is 27.7 Å². The number of aromatic nitrogens is 4. The second-order valence-electron chi connectivity index (χ2n) is 6.95. The second-order valence-corrected chi connectivity index (χ2v) is 7.91. The molecular weight excluding hydrogens is 442 g/mol. The van der Waals surface area contributed by atoms with Gasteiger partial charge in [-0.1, -0.05) is 23.5 Å². The van der Waals surface area contributed by atoms with Crippen molar-refractivity contribution in [3.8, 4) is 27.8 Å². The third-order valence-corrected chi connectivity index (χ3v) is 5.66. The molecule has 0 aliphatic carbocycles. The van der Waals surface area contributed by atoms with Gasteiger partial charge in [0, 0.05) is 11.1 Å². The third-order valence-electron chi connectivity index (χ3n) is 4.72. The Bertz CT molecular complexity index is 1260. The fourth-order valence-corrected chi connectivity index (χ4v) is 4.24. The minimum atomic E-state index is -0.299. The van der Waals surface area contributed by atoms with Crippen LogP contribution in [0.2, 0.25) is 0 Å². The summed E-state index contributed by atoms with van der Waals surface area (Å²) in [7, 11) is 0. The highest BCUT2D eigenvalue weighted by molar-refractivity contribution is 7.19. The number of carbonyl (C=O) groups is 1. The topological polar surface area (TPSA) is 99.9 Å². The minimum Gasteiger partial charge on any atom is -0.490 e. The van der Waals surface area contributed by atoms with E-state index in [1.165, 1.54) is 11.3 Å². The van der Waals surface area contributed by atoms with E-state index < -0.39 is 0 Å². The Morgan fingerprint density at radius 3 is 2.30 bits per heavy atom. The van der Waals surface area contributed by atoms with Crippen LogP contribution in [-0.2, 0) is 0 Å². The van der Waals surface area contributed by atoms with E-state index in [4.69, 9.17) is 14.2 Å². The molecule has 33 heavy (non-hydrogen) atoms. The summed E-state index contributed by atoms with van der Waals surface area (Å²) in [5.74, 6) is 1.83. The molecule has 0 fully saturated rings. The molecule has 0 radical (unpaired) electrons. The van der Waals surface area contributed by atoms with Crippen molar-refractivity contribution in [3.63, 3.8) is 0 Å². The van der Waals surface area contributed by atoms with E-state index in [-0.39, 0.29) is 5.91 Å². The van der Waals surface area contributed by atoms with Crippen LogP contribution in [0, 0.1) is 6.92 Å². The van der Waals surface area contributed by atoms with Gasteiger partial charge in [0.1, 0.15) is 5.01 Å². The van der Waals surface area contributed by atoms with Crippen molar-refractivity contribution in [1.82, 2.24) is 19.8 Å². The molecular formula is C23H25N5O4S. The number of hydrogen-bond acceptors (Lipinski definition) is 8. The molecule has 0 saturated heterocycles. The number of amides is 1. The molecule has 0 unspecified atom stereocenters. The lowest BCUT2D eigenvalue weighted by Crippen LogP contribution is -2.14. The molecule has 172 valence electrons. The molecule has 4 rings (SSSR count). The first-order valence-electron chi connectivity index (χ1n) is 10.7. The van der Waals surface area contributed by atoms with Crippen LogP contribution in [-0.4, -0.2) is 45.5 Å². The predicted octanol–water partition coefficient (Wildman–Crippen LogP) is 4.61. The molecule has 2 aromatic heterocycles. The van der Waals surface area contributed by atoms with E-state index in [9.17, 15) is 4.79 Å². The Morgan fingerprint density at radius 2 is 1.67 bits per heavy atom. The van der Waals surface area contributed by atoms with Gasteiger partial charge in [-0.25, -0.2) is 0 Å². The normalized spacial score (nSPS) is 10.9. The van der Waals surface area contributed by atoms with Crippen molar-refractivity contribution < 1.29 is 19.0 Å². The first-order chi connectivity index (χ1) is 16.0. The fraction of sp³-hybridized carbons (Fsp3) is 0.304. The Kier molecular flexibility index (Phi) is 6.74. The molecule has 1 N–H and O–H groups in total. The number of rotatable bonds is 9. The monoisotopic (exact) mass is 467 g/mol. The number of nitrogens with one attached hydrogen (secondary N) is 1. The highest BCUT2D eigenvalue weighted by Gasteiger charge is 2.20. The largest absolute Gasteiger partial charge is 0.490 e. The summed E-state index contributed by atoms with van der Waals surface area (Å²) in [5, 5.41) is 16.5. The second kappa shape index (κ2) is 9.86. The number of hydrogen-bond donors (Lipinski definition) is 1. The van der Waals surface area contributed by atoms with E-state index in [0.717, 1.165) is 10.6 Å². The average molecular weight is 468 g/mol. The van der Waals surface area contributed by atoms with E-state index in [1.54, 1.807) is 16.6 Å². The quantitative estimate of drug-likeness (QED) is 0.384. The van der Waals surface area contributed by atoms with Gasteiger partial charge in [0.15, 0.2) is 17.3 Å². The zero-order valence-corrected chi connectivity index (χ0v) is 19.7. The molecule has 10 heteroatoms. The highest BCUT2D eigenvalue weighted by Crippen LogP contribution is 2.39. The van der Waals surface area contributed by atoms with Crippen molar-refractivity contribution >= 4 is 27.9 Å². The maximum Gasteiger partial charge on any atom is 0.255 e. The number of fused-ring (bicyclic) bond motifs is 1. The lowest BCUT2D eigenvalue weighted by Gasteiger charge is -2.17. The van der Waals surface area contributed by atoms with Gasteiger partial charge >= 0.3 is 0 Å². The molecule has 4 aromatic rings. The number of anilines is 1. The number of ether oxygens (including phenoxy) is 3. The van der Waals surface area contributed by atoms with E-state index in [2.05, 4.69) is 20.6 Å². The van der Waals surface area contributed by atoms with Gasteiger partial charge in [0.25, 0.3) is 5.91 Å². The molecule has 0 spiro atoms. The van der Waals surface area contributed by atoms with E-state index in [0.29, 0.717) is 59.1 Å². The summed E-state index contributed by atoms with van der Waals surface area (Å²) in [4.78, 5) is 13.9. The van der Waals surface area contributed by atoms with Crippen LogP contribution < -0.4 is 19.5 Å². The van der Waals surface area contributed by atoms with Gasteiger partial charge in [-0.2, -0.15) is 9.61 Å². The van der Waals surface area contributed by atoms with Gasteiger partial charge in [-0.15, -0.1) is 10.2 Å². The van der Waals surface area contributed by atoms with E-state index in [1.807, 2.05) is 52.0 Å². The molecule has 0 bridgehead atoms. The van der Waals surface area contributed by atoms with Gasteiger partial charge in [-0.3, -0.25) is 4.79 Å². The minimum absolute atomic E-state index is 0.299. The fourth-order valence-electron chi connectivity index (χ4n) is 3.32. The summed E-state index contributed by atoms with van der Waals surface area (Å²) in [6, 6.07) is 10.8. The summed E-state index contributed by atoms with van der Waals surface area (Å²) in [5.41, 5.74) is 1.82. The molecule has 9 nitrogen and oxygen atoms in total. The number of benzene rings is 2. The maximum atomic E-state index is 13.2. The van der Waals surface area contributed by atoms with Crippen molar-refractivity contribution in [3.05, 3.63) is 47.8 Å². The van der Waals surface area contributed by atoms with Gasteiger partial charge in [0.05, 0.1) is 25.5 Å². The van der Waals surface area contributed by atoms with Crippen LogP contribution in [0.25, 0.3) is 15.5 Å². The summed E-state index contributed by atoms with van der Waals surface area (Å²) in [6.07, 6.45) is 0. The van der Waals surface area contributed by atoms with Gasteiger partial charge < -0.3 is 19.5 Å². The number of para-hydroxylation sites is 1. The molecule has 0 saturated carbocycles. The van der Waals surface area contributed by atoms with Gasteiger partial charge in [-0.05, 0) is 52.0 Å². The summed E-state index contributed by atoms with van der Waals surface area (Å²) in [6.45, 7) is 8.79. The van der Waals surface area contributed by atoms with Crippen LogP contribution >= 0.6 is 11.3 Å². The van der Waals surface area contributed by atoms with Crippen LogP contribution in [0.3, 0.4) is 0 Å². The lowest BCUT2D eigenvalue weighted by atomic mass is 10.1. The van der Waals surface area contributed by atoms with E-state index >= 15 is 0 Å².